The smallest absolute Gasteiger partial charge is 0.240 e. The molecule has 172 valence electrons. The Kier molecular flexibility index (Phi) is 9.72. The standard InChI is InChI=1S/C25H30N2O3S.ClH/c1-19-12-14-25(15-13-19)31(28,29)27-23(16-21-8-5-4-6-9-21)18-26-20(2)22-10-7-11-24(17-22)30-3;/h4-15,17,20,23,26-27H,16,18H2,1-3H3;1H. The van der Waals surface area contributed by atoms with Crippen molar-refractivity contribution < 1.29 is 13.2 Å². The van der Waals surface area contributed by atoms with Crippen molar-refractivity contribution in [2.45, 2.75) is 37.2 Å². The summed E-state index contributed by atoms with van der Waals surface area (Å²) in [7, 11) is -1.98. The van der Waals surface area contributed by atoms with Crippen molar-refractivity contribution in [1.82, 2.24) is 10.0 Å². The van der Waals surface area contributed by atoms with E-state index >= 15 is 0 Å². The Bertz CT molecular complexity index is 1070. The van der Waals surface area contributed by atoms with E-state index in [4.69, 9.17) is 4.74 Å². The van der Waals surface area contributed by atoms with Gasteiger partial charge in [-0.3, -0.25) is 0 Å². The fraction of sp³-hybridized carbons (Fsp3) is 0.280. The van der Waals surface area contributed by atoms with Gasteiger partial charge in [0.05, 0.1) is 12.0 Å². The Labute approximate surface area is 197 Å². The molecule has 0 radical (unpaired) electrons. The Morgan fingerprint density at radius 3 is 2.28 bits per heavy atom. The summed E-state index contributed by atoms with van der Waals surface area (Å²) in [6.07, 6.45) is 0.587. The lowest BCUT2D eigenvalue weighted by atomic mass is 10.0. The average molecular weight is 475 g/mol. The van der Waals surface area contributed by atoms with E-state index in [1.54, 1.807) is 19.2 Å². The quantitative estimate of drug-likeness (QED) is 0.448. The van der Waals surface area contributed by atoms with Crippen molar-refractivity contribution in [3.05, 3.63) is 95.6 Å². The van der Waals surface area contributed by atoms with Crippen LogP contribution in [0.4, 0.5) is 0 Å². The van der Waals surface area contributed by atoms with Gasteiger partial charge >= 0.3 is 0 Å². The zero-order valence-electron chi connectivity index (χ0n) is 18.6. The van der Waals surface area contributed by atoms with E-state index in [-0.39, 0.29) is 29.4 Å². The van der Waals surface area contributed by atoms with Crippen molar-refractivity contribution in [2.24, 2.45) is 0 Å². The number of ether oxygens (including phenoxy) is 1. The van der Waals surface area contributed by atoms with Gasteiger partial charge in [0.1, 0.15) is 5.75 Å². The van der Waals surface area contributed by atoms with Crippen molar-refractivity contribution >= 4 is 22.4 Å². The molecule has 2 unspecified atom stereocenters. The van der Waals surface area contributed by atoms with Crippen LogP contribution in [-0.2, 0) is 16.4 Å². The van der Waals surface area contributed by atoms with Crippen LogP contribution < -0.4 is 14.8 Å². The number of sulfonamides is 1. The second-order valence-electron chi connectivity index (χ2n) is 7.73. The Morgan fingerprint density at radius 2 is 1.62 bits per heavy atom. The third-order valence-electron chi connectivity index (χ3n) is 5.24. The van der Waals surface area contributed by atoms with E-state index in [1.165, 1.54) is 0 Å². The summed E-state index contributed by atoms with van der Waals surface area (Å²) < 4.78 is 34.2. The first-order valence-corrected chi connectivity index (χ1v) is 11.9. The van der Waals surface area contributed by atoms with Crippen LogP contribution in [0.15, 0.2) is 83.8 Å². The third-order valence-corrected chi connectivity index (χ3v) is 6.78. The normalized spacial score (nSPS) is 13.1. The summed E-state index contributed by atoms with van der Waals surface area (Å²) in [6, 6.07) is 24.4. The lowest BCUT2D eigenvalue weighted by Gasteiger charge is -2.23. The van der Waals surface area contributed by atoms with Crippen molar-refractivity contribution in [3.8, 4) is 5.75 Å². The van der Waals surface area contributed by atoms with Crippen LogP contribution in [0.25, 0.3) is 0 Å². The summed E-state index contributed by atoms with van der Waals surface area (Å²) >= 11 is 0. The van der Waals surface area contributed by atoms with E-state index in [0.717, 1.165) is 22.4 Å². The first-order chi connectivity index (χ1) is 14.9. The SMILES string of the molecule is COc1cccc(C(C)NCC(Cc2ccccc2)NS(=O)(=O)c2ccc(C)cc2)c1.Cl. The molecule has 0 fully saturated rings. The fourth-order valence-electron chi connectivity index (χ4n) is 3.41. The minimum absolute atomic E-state index is 0. The highest BCUT2D eigenvalue weighted by Crippen LogP contribution is 2.19. The number of hydrogen-bond donors (Lipinski definition) is 2. The molecule has 3 aromatic carbocycles. The molecule has 0 bridgehead atoms. The molecule has 0 saturated carbocycles. The van der Waals surface area contributed by atoms with Crippen molar-refractivity contribution in [2.75, 3.05) is 13.7 Å². The predicted octanol–water partition coefficient (Wildman–Crippen LogP) is 4.67. The number of aryl methyl sites for hydroxylation is 1. The Balaban J connectivity index is 0.00000363. The summed E-state index contributed by atoms with van der Waals surface area (Å²) in [5.74, 6) is 0.798. The fourth-order valence-corrected chi connectivity index (χ4v) is 4.64. The topological polar surface area (TPSA) is 67.4 Å². The van der Waals surface area contributed by atoms with Gasteiger partial charge < -0.3 is 10.1 Å². The minimum atomic E-state index is -3.63. The maximum Gasteiger partial charge on any atom is 0.240 e. The lowest BCUT2D eigenvalue weighted by Crippen LogP contribution is -2.44. The number of rotatable bonds is 10. The van der Waals surface area contributed by atoms with E-state index in [1.807, 2.05) is 73.7 Å². The van der Waals surface area contributed by atoms with Crippen LogP contribution in [0.2, 0.25) is 0 Å². The zero-order chi connectivity index (χ0) is 22.3. The molecule has 3 rings (SSSR count). The molecule has 0 aliphatic heterocycles. The second kappa shape index (κ2) is 12.0. The molecule has 2 atom stereocenters. The molecule has 0 saturated heterocycles. The second-order valence-corrected chi connectivity index (χ2v) is 9.44. The largest absolute Gasteiger partial charge is 0.497 e. The Morgan fingerprint density at radius 1 is 0.938 bits per heavy atom. The Hall–Kier alpha value is -2.38. The van der Waals surface area contributed by atoms with Crippen LogP contribution in [0.1, 0.15) is 29.7 Å². The molecule has 3 aromatic rings. The molecule has 0 spiro atoms. The number of methoxy groups -OCH3 is 1. The number of hydrogen-bond acceptors (Lipinski definition) is 4. The van der Waals surface area contributed by atoms with E-state index < -0.39 is 10.0 Å². The van der Waals surface area contributed by atoms with Gasteiger partial charge in [0.25, 0.3) is 0 Å². The number of benzene rings is 3. The number of nitrogens with one attached hydrogen (secondary N) is 2. The first kappa shape index (κ1) is 25.9. The highest BCUT2D eigenvalue weighted by atomic mass is 35.5. The molecule has 5 nitrogen and oxygen atoms in total. The molecule has 7 heteroatoms. The minimum Gasteiger partial charge on any atom is -0.497 e. The van der Waals surface area contributed by atoms with Crippen molar-refractivity contribution in [1.29, 1.82) is 0 Å². The van der Waals surface area contributed by atoms with E-state index in [0.29, 0.717) is 13.0 Å². The maximum absolute atomic E-state index is 13.0. The molecule has 0 aliphatic rings. The van der Waals surface area contributed by atoms with Crippen molar-refractivity contribution in [3.63, 3.8) is 0 Å². The average Bonchev–Trinajstić information content (AvgIpc) is 2.78. The number of halogens is 1. The zero-order valence-corrected chi connectivity index (χ0v) is 20.2. The molecular formula is C25H31ClN2O3S. The highest BCUT2D eigenvalue weighted by molar-refractivity contribution is 7.89. The maximum atomic E-state index is 13.0. The van der Waals surface area contributed by atoms with E-state index in [9.17, 15) is 8.42 Å². The van der Waals surface area contributed by atoms with Gasteiger partial charge in [-0.2, -0.15) is 0 Å². The van der Waals surface area contributed by atoms with Gasteiger partial charge in [-0.05, 0) is 55.7 Å². The third kappa shape index (κ3) is 7.35. The van der Waals surface area contributed by atoms with Crippen LogP contribution in [0.5, 0.6) is 5.75 Å². The molecule has 0 amide bonds. The first-order valence-electron chi connectivity index (χ1n) is 10.4. The predicted molar refractivity (Wildman–Crippen MR) is 132 cm³/mol. The van der Waals surface area contributed by atoms with Gasteiger partial charge in [-0.25, -0.2) is 13.1 Å². The molecule has 2 N–H and O–H groups in total. The van der Waals surface area contributed by atoms with Crippen LogP contribution in [-0.4, -0.2) is 28.1 Å². The van der Waals surface area contributed by atoms with E-state index in [2.05, 4.69) is 17.0 Å². The van der Waals surface area contributed by atoms with Crippen LogP contribution in [0, 0.1) is 6.92 Å². The van der Waals surface area contributed by atoms with Gasteiger partial charge in [0.15, 0.2) is 0 Å². The molecule has 0 aliphatic carbocycles. The van der Waals surface area contributed by atoms with Gasteiger partial charge in [0, 0.05) is 18.6 Å². The molecule has 0 aromatic heterocycles. The molecular weight excluding hydrogens is 444 g/mol. The summed E-state index contributed by atoms with van der Waals surface area (Å²) in [5.41, 5.74) is 3.18. The molecule has 0 heterocycles. The lowest BCUT2D eigenvalue weighted by molar-refractivity contribution is 0.413. The van der Waals surface area contributed by atoms with Crippen LogP contribution in [0.3, 0.4) is 0 Å². The molecule has 32 heavy (non-hydrogen) atoms. The monoisotopic (exact) mass is 474 g/mol. The summed E-state index contributed by atoms with van der Waals surface area (Å²) in [5, 5.41) is 3.47. The van der Waals surface area contributed by atoms with Gasteiger partial charge in [0.2, 0.25) is 10.0 Å². The summed E-state index contributed by atoms with van der Waals surface area (Å²) in [6.45, 7) is 4.48. The van der Waals surface area contributed by atoms with Gasteiger partial charge in [-0.1, -0.05) is 60.2 Å². The van der Waals surface area contributed by atoms with Gasteiger partial charge in [-0.15, -0.1) is 12.4 Å². The highest BCUT2D eigenvalue weighted by Gasteiger charge is 2.21. The summed E-state index contributed by atoms with van der Waals surface area (Å²) in [4.78, 5) is 0.275. The van der Waals surface area contributed by atoms with Crippen LogP contribution >= 0.6 is 12.4 Å².